The molecule has 0 amide bonds. The SMILES string of the molecule is CC(C)c1ccccc1NCCCN1CCCCC1. The summed E-state index contributed by atoms with van der Waals surface area (Å²) in [6, 6.07) is 8.70. The molecular formula is C17H28N2. The van der Waals surface area contributed by atoms with E-state index in [-0.39, 0.29) is 0 Å². The highest BCUT2D eigenvalue weighted by atomic mass is 15.1. The number of hydrogen-bond acceptors (Lipinski definition) is 2. The maximum absolute atomic E-state index is 3.61. The molecule has 1 fully saturated rings. The van der Waals surface area contributed by atoms with Crippen molar-refractivity contribution in [3.8, 4) is 0 Å². The molecule has 0 saturated carbocycles. The summed E-state index contributed by atoms with van der Waals surface area (Å²) in [5, 5.41) is 3.61. The number of nitrogens with one attached hydrogen (secondary N) is 1. The van der Waals surface area contributed by atoms with Gasteiger partial charge in [-0.1, -0.05) is 38.5 Å². The lowest BCUT2D eigenvalue weighted by molar-refractivity contribution is 0.228. The van der Waals surface area contributed by atoms with Gasteiger partial charge in [0.2, 0.25) is 0 Å². The fraction of sp³-hybridized carbons (Fsp3) is 0.647. The van der Waals surface area contributed by atoms with Crippen molar-refractivity contribution in [3.05, 3.63) is 29.8 Å². The first-order chi connectivity index (χ1) is 9.27. The third-order valence-electron chi connectivity index (χ3n) is 4.00. The van der Waals surface area contributed by atoms with Crippen molar-refractivity contribution in [1.29, 1.82) is 0 Å². The molecule has 0 spiro atoms. The molecular weight excluding hydrogens is 232 g/mol. The summed E-state index contributed by atoms with van der Waals surface area (Å²) in [6.07, 6.45) is 5.45. The molecule has 1 aromatic rings. The number of hydrogen-bond donors (Lipinski definition) is 1. The Morgan fingerprint density at radius 3 is 2.58 bits per heavy atom. The van der Waals surface area contributed by atoms with Crippen LogP contribution in [0, 0.1) is 0 Å². The topological polar surface area (TPSA) is 15.3 Å². The Labute approximate surface area is 118 Å². The van der Waals surface area contributed by atoms with Crippen LogP contribution in [0.25, 0.3) is 0 Å². The molecule has 2 heteroatoms. The third-order valence-corrected chi connectivity index (χ3v) is 4.00. The predicted molar refractivity (Wildman–Crippen MR) is 83.9 cm³/mol. The second kappa shape index (κ2) is 7.54. The van der Waals surface area contributed by atoms with E-state index in [0.29, 0.717) is 5.92 Å². The van der Waals surface area contributed by atoms with Gasteiger partial charge >= 0.3 is 0 Å². The highest BCUT2D eigenvalue weighted by Gasteiger charge is 2.09. The lowest BCUT2D eigenvalue weighted by atomic mass is 10.0. The summed E-state index contributed by atoms with van der Waals surface area (Å²) in [5.74, 6) is 0.589. The number of piperidine rings is 1. The second-order valence-electron chi connectivity index (χ2n) is 5.92. The molecule has 2 rings (SSSR count). The molecule has 19 heavy (non-hydrogen) atoms. The first-order valence-electron chi connectivity index (χ1n) is 7.82. The van der Waals surface area contributed by atoms with Crippen LogP contribution in [-0.4, -0.2) is 31.1 Å². The Morgan fingerprint density at radius 2 is 1.84 bits per heavy atom. The van der Waals surface area contributed by atoms with Crippen molar-refractivity contribution < 1.29 is 0 Å². The first-order valence-corrected chi connectivity index (χ1v) is 7.82. The standard InChI is InChI=1S/C17H28N2/c1-15(2)16-9-4-5-10-17(16)18-11-8-14-19-12-6-3-7-13-19/h4-5,9-10,15,18H,3,6-8,11-14H2,1-2H3. The minimum atomic E-state index is 0.589. The van der Waals surface area contributed by atoms with Gasteiger partial charge in [-0.15, -0.1) is 0 Å². The van der Waals surface area contributed by atoms with Crippen molar-refractivity contribution >= 4 is 5.69 Å². The average Bonchev–Trinajstić information content (AvgIpc) is 2.45. The summed E-state index contributed by atoms with van der Waals surface area (Å²) >= 11 is 0. The van der Waals surface area contributed by atoms with E-state index in [1.54, 1.807) is 0 Å². The quantitative estimate of drug-likeness (QED) is 0.775. The molecule has 1 aliphatic rings. The van der Waals surface area contributed by atoms with Crippen molar-refractivity contribution in [2.24, 2.45) is 0 Å². The molecule has 0 unspecified atom stereocenters. The van der Waals surface area contributed by atoms with Gasteiger partial charge in [-0.25, -0.2) is 0 Å². The monoisotopic (exact) mass is 260 g/mol. The van der Waals surface area contributed by atoms with E-state index >= 15 is 0 Å². The van der Waals surface area contributed by atoms with Crippen molar-refractivity contribution in [3.63, 3.8) is 0 Å². The van der Waals surface area contributed by atoms with E-state index < -0.39 is 0 Å². The minimum Gasteiger partial charge on any atom is -0.385 e. The Kier molecular flexibility index (Phi) is 5.71. The largest absolute Gasteiger partial charge is 0.385 e. The lowest BCUT2D eigenvalue weighted by Crippen LogP contribution is -2.31. The Balaban J connectivity index is 1.73. The molecule has 0 aliphatic carbocycles. The van der Waals surface area contributed by atoms with Gasteiger partial charge in [-0.05, 0) is 56.4 Å². The number of rotatable bonds is 6. The Bertz CT molecular complexity index is 367. The molecule has 106 valence electrons. The summed E-state index contributed by atoms with van der Waals surface area (Å²) < 4.78 is 0. The fourth-order valence-corrected chi connectivity index (χ4v) is 2.87. The predicted octanol–water partition coefficient (Wildman–Crippen LogP) is 4.10. The minimum absolute atomic E-state index is 0.589. The maximum atomic E-state index is 3.61. The van der Waals surface area contributed by atoms with E-state index in [2.05, 4.69) is 48.3 Å². The van der Waals surface area contributed by atoms with Crippen molar-refractivity contribution in [2.45, 2.75) is 45.4 Å². The first kappa shape index (κ1) is 14.4. The molecule has 1 aromatic carbocycles. The molecule has 0 bridgehead atoms. The van der Waals surface area contributed by atoms with Crippen LogP contribution in [0.2, 0.25) is 0 Å². The molecule has 0 aromatic heterocycles. The zero-order valence-electron chi connectivity index (χ0n) is 12.5. The van der Waals surface area contributed by atoms with E-state index in [1.165, 1.54) is 56.6 Å². The number of benzene rings is 1. The molecule has 0 atom stereocenters. The van der Waals surface area contributed by atoms with Crippen LogP contribution in [0.4, 0.5) is 5.69 Å². The van der Waals surface area contributed by atoms with Crippen LogP contribution in [0.5, 0.6) is 0 Å². The maximum Gasteiger partial charge on any atom is 0.0375 e. The van der Waals surface area contributed by atoms with Crippen LogP contribution in [0.1, 0.15) is 51.0 Å². The van der Waals surface area contributed by atoms with Crippen molar-refractivity contribution in [2.75, 3.05) is 31.5 Å². The van der Waals surface area contributed by atoms with E-state index in [0.717, 1.165) is 6.54 Å². The molecule has 1 aliphatic heterocycles. The zero-order chi connectivity index (χ0) is 13.5. The van der Waals surface area contributed by atoms with Gasteiger partial charge in [0.25, 0.3) is 0 Å². The van der Waals surface area contributed by atoms with Crippen LogP contribution in [0.15, 0.2) is 24.3 Å². The number of nitrogens with zero attached hydrogens (tertiary/aromatic N) is 1. The third kappa shape index (κ3) is 4.54. The highest BCUT2D eigenvalue weighted by Crippen LogP contribution is 2.23. The molecule has 1 N–H and O–H groups in total. The lowest BCUT2D eigenvalue weighted by Gasteiger charge is -2.26. The second-order valence-corrected chi connectivity index (χ2v) is 5.92. The summed E-state index contributed by atoms with van der Waals surface area (Å²) in [4.78, 5) is 2.61. The molecule has 1 saturated heterocycles. The van der Waals surface area contributed by atoms with Gasteiger partial charge in [0.05, 0.1) is 0 Å². The summed E-state index contributed by atoms with van der Waals surface area (Å²) in [6.45, 7) is 9.46. The summed E-state index contributed by atoms with van der Waals surface area (Å²) in [5.41, 5.74) is 2.75. The van der Waals surface area contributed by atoms with Crippen LogP contribution >= 0.6 is 0 Å². The Morgan fingerprint density at radius 1 is 1.11 bits per heavy atom. The van der Waals surface area contributed by atoms with Gasteiger partial charge < -0.3 is 10.2 Å². The highest BCUT2D eigenvalue weighted by molar-refractivity contribution is 5.52. The van der Waals surface area contributed by atoms with E-state index in [1.807, 2.05) is 0 Å². The molecule has 1 heterocycles. The van der Waals surface area contributed by atoms with Crippen LogP contribution < -0.4 is 5.32 Å². The average molecular weight is 260 g/mol. The van der Waals surface area contributed by atoms with Gasteiger partial charge in [0.1, 0.15) is 0 Å². The Hall–Kier alpha value is -1.02. The summed E-state index contributed by atoms with van der Waals surface area (Å²) in [7, 11) is 0. The number of likely N-dealkylation sites (tertiary alicyclic amines) is 1. The van der Waals surface area contributed by atoms with Gasteiger partial charge in [0, 0.05) is 12.2 Å². The van der Waals surface area contributed by atoms with Gasteiger partial charge in [0.15, 0.2) is 0 Å². The molecule has 0 radical (unpaired) electrons. The van der Waals surface area contributed by atoms with Crippen LogP contribution in [0.3, 0.4) is 0 Å². The van der Waals surface area contributed by atoms with Crippen molar-refractivity contribution in [1.82, 2.24) is 4.90 Å². The van der Waals surface area contributed by atoms with Gasteiger partial charge in [-0.2, -0.15) is 0 Å². The van der Waals surface area contributed by atoms with Crippen LogP contribution in [-0.2, 0) is 0 Å². The van der Waals surface area contributed by atoms with E-state index in [4.69, 9.17) is 0 Å². The normalized spacial score (nSPS) is 16.8. The van der Waals surface area contributed by atoms with Gasteiger partial charge in [-0.3, -0.25) is 0 Å². The number of anilines is 1. The zero-order valence-corrected chi connectivity index (χ0v) is 12.5. The molecule has 2 nitrogen and oxygen atoms in total. The smallest absolute Gasteiger partial charge is 0.0375 e. The fourth-order valence-electron chi connectivity index (χ4n) is 2.87. The van der Waals surface area contributed by atoms with E-state index in [9.17, 15) is 0 Å². The number of para-hydroxylation sites is 1.